The number of carbonyl (C=O) groups is 1. The van der Waals surface area contributed by atoms with Gasteiger partial charge in [0.15, 0.2) is 0 Å². The number of piperidine rings is 1. The Morgan fingerprint density at radius 2 is 2.27 bits per heavy atom. The number of amides is 1. The molecule has 2 rings (SSSR count). The molecule has 0 aliphatic carbocycles. The lowest BCUT2D eigenvalue weighted by Crippen LogP contribution is -2.55. The Balaban J connectivity index is 2.09. The molecule has 82 valence electrons. The molecule has 2 heterocycles. The zero-order valence-electron chi connectivity index (χ0n) is 8.48. The topological polar surface area (TPSA) is 60.9 Å². The van der Waals surface area contributed by atoms with Crippen LogP contribution in [-0.4, -0.2) is 52.6 Å². The summed E-state index contributed by atoms with van der Waals surface area (Å²) in [7, 11) is 0. The maximum Gasteiger partial charge on any atom is 0.407 e. The minimum Gasteiger partial charge on any atom is -0.465 e. The smallest absolute Gasteiger partial charge is 0.407 e. The van der Waals surface area contributed by atoms with Crippen LogP contribution in [0, 0.1) is 0 Å². The highest BCUT2D eigenvalue weighted by Gasteiger charge is 2.33. The van der Waals surface area contributed by atoms with Crippen LogP contribution in [0.1, 0.15) is 19.3 Å². The number of hydrogen-bond acceptors (Lipinski definition) is 3. The van der Waals surface area contributed by atoms with Crippen molar-refractivity contribution in [1.82, 2.24) is 9.80 Å². The molecular formula is C10H14N2O3. The summed E-state index contributed by atoms with van der Waals surface area (Å²) in [6.45, 7) is 1.62. The van der Waals surface area contributed by atoms with Crippen molar-refractivity contribution in [2.24, 2.45) is 0 Å². The van der Waals surface area contributed by atoms with E-state index in [-0.39, 0.29) is 6.04 Å². The van der Waals surface area contributed by atoms with Gasteiger partial charge in [0.05, 0.1) is 5.70 Å². The fourth-order valence-corrected chi connectivity index (χ4v) is 2.39. The lowest BCUT2D eigenvalue weighted by molar-refractivity contribution is 0.0723. The van der Waals surface area contributed by atoms with Crippen LogP contribution in [0.5, 0.6) is 0 Å². The van der Waals surface area contributed by atoms with E-state index in [0.29, 0.717) is 19.6 Å². The van der Waals surface area contributed by atoms with Crippen molar-refractivity contribution in [2.75, 3.05) is 19.6 Å². The lowest BCUT2D eigenvalue weighted by atomic mass is 9.97. The Morgan fingerprint density at radius 1 is 1.47 bits per heavy atom. The Labute approximate surface area is 88.0 Å². The van der Waals surface area contributed by atoms with Gasteiger partial charge in [0.1, 0.15) is 5.94 Å². The van der Waals surface area contributed by atoms with Crippen LogP contribution < -0.4 is 0 Å². The van der Waals surface area contributed by atoms with E-state index in [9.17, 15) is 9.59 Å². The third kappa shape index (κ3) is 1.83. The van der Waals surface area contributed by atoms with Gasteiger partial charge in [-0.3, -0.25) is 0 Å². The SMILES string of the molecule is O=C=C1CCCC2CN(C(=O)O)CCN12. The molecule has 0 aromatic rings. The predicted molar refractivity (Wildman–Crippen MR) is 53.1 cm³/mol. The van der Waals surface area contributed by atoms with Gasteiger partial charge in [0.25, 0.3) is 0 Å². The van der Waals surface area contributed by atoms with E-state index in [4.69, 9.17) is 5.11 Å². The summed E-state index contributed by atoms with van der Waals surface area (Å²) in [5.41, 5.74) is 0.719. The number of rotatable bonds is 0. The summed E-state index contributed by atoms with van der Waals surface area (Å²) < 4.78 is 0. The molecule has 0 bridgehead atoms. The summed E-state index contributed by atoms with van der Waals surface area (Å²) in [6, 6.07) is 0.181. The number of nitrogens with zero attached hydrogens (tertiary/aromatic N) is 2. The Kier molecular flexibility index (Phi) is 2.64. The average molecular weight is 210 g/mol. The maximum atomic E-state index is 10.8. The molecule has 15 heavy (non-hydrogen) atoms. The third-order valence-corrected chi connectivity index (χ3v) is 3.17. The molecule has 1 N–H and O–H groups in total. The molecule has 2 aliphatic rings. The van der Waals surface area contributed by atoms with Gasteiger partial charge in [-0.05, 0) is 19.3 Å². The van der Waals surface area contributed by atoms with Crippen molar-refractivity contribution in [3.8, 4) is 0 Å². The number of piperazine rings is 1. The summed E-state index contributed by atoms with van der Waals surface area (Å²) in [5.74, 6) is 1.97. The average Bonchev–Trinajstić information content (AvgIpc) is 2.27. The van der Waals surface area contributed by atoms with Gasteiger partial charge < -0.3 is 14.9 Å². The van der Waals surface area contributed by atoms with Crippen molar-refractivity contribution in [3.05, 3.63) is 5.70 Å². The molecule has 0 saturated carbocycles. The quantitative estimate of drug-likeness (QED) is 0.593. The van der Waals surface area contributed by atoms with Crippen LogP contribution in [-0.2, 0) is 4.79 Å². The van der Waals surface area contributed by atoms with Crippen LogP contribution in [0.3, 0.4) is 0 Å². The van der Waals surface area contributed by atoms with E-state index in [1.165, 1.54) is 4.90 Å². The van der Waals surface area contributed by atoms with E-state index >= 15 is 0 Å². The highest BCUT2D eigenvalue weighted by atomic mass is 16.4. The van der Waals surface area contributed by atoms with Gasteiger partial charge in [-0.2, -0.15) is 0 Å². The molecule has 1 unspecified atom stereocenters. The van der Waals surface area contributed by atoms with Crippen molar-refractivity contribution >= 4 is 12.0 Å². The lowest BCUT2D eigenvalue weighted by Gasteiger charge is -2.44. The van der Waals surface area contributed by atoms with Crippen LogP contribution in [0.4, 0.5) is 4.79 Å². The summed E-state index contributed by atoms with van der Waals surface area (Å²) in [4.78, 5) is 24.9. The number of allylic oxidation sites excluding steroid dienone is 1. The zero-order chi connectivity index (χ0) is 10.8. The standard InChI is InChI=1S/C10H14N2O3/c13-7-9-3-1-2-8-6-11(10(14)15)4-5-12(8)9/h8H,1-6H2,(H,14,15). The Morgan fingerprint density at radius 3 is 2.93 bits per heavy atom. The third-order valence-electron chi connectivity index (χ3n) is 3.17. The normalized spacial score (nSPS) is 25.9. The van der Waals surface area contributed by atoms with Gasteiger partial charge in [-0.25, -0.2) is 9.59 Å². The van der Waals surface area contributed by atoms with Crippen molar-refractivity contribution in [3.63, 3.8) is 0 Å². The van der Waals surface area contributed by atoms with E-state index < -0.39 is 6.09 Å². The van der Waals surface area contributed by atoms with E-state index in [1.54, 1.807) is 0 Å². The fourth-order valence-electron chi connectivity index (χ4n) is 2.39. The first-order chi connectivity index (χ1) is 7.22. The van der Waals surface area contributed by atoms with E-state index in [0.717, 1.165) is 25.0 Å². The second-order valence-electron chi connectivity index (χ2n) is 4.02. The number of fused-ring (bicyclic) bond motifs is 1. The van der Waals surface area contributed by atoms with Crippen molar-refractivity contribution in [1.29, 1.82) is 0 Å². The molecular weight excluding hydrogens is 196 g/mol. The number of hydrogen-bond donors (Lipinski definition) is 1. The van der Waals surface area contributed by atoms with Gasteiger partial charge in [-0.1, -0.05) is 0 Å². The molecule has 2 fully saturated rings. The Hall–Kier alpha value is -1.48. The van der Waals surface area contributed by atoms with Crippen LogP contribution in [0.25, 0.3) is 0 Å². The van der Waals surface area contributed by atoms with E-state index in [1.807, 2.05) is 10.8 Å². The van der Waals surface area contributed by atoms with Gasteiger partial charge >= 0.3 is 6.09 Å². The second-order valence-corrected chi connectivity index (χ2v) is 4.02. The number of carboxylic acid groups (broad SMARTS) is 1. The molecule has 0 aromatic heterocycles. The first-order valence-corrected chi connectivity index (χ1v) is 5.21. The first-order valence-electron chi connectivity index (χ1n) is 5.21. The van der Waals surface area contributed by atoms with Gasteiger partial charge in [-0.15, -0.1) is 0 Å². The van der Waals surface area contributed by atoms with Crippen molar-refractivity contribution < 1.29 is 14.7 Å². The highest BCUT2D eigenvalue weighted by molar-refractivity contribution is 5.65. The largest absolute Gasteiger partial charge is 0.465 e. The maximum absolute atomic E-state index is 10.8. The molecule has 1 amide bonds. The summed E-state index contributed by atoms with van der Waals surface area (Å²) in [6.07, 6.45) is 1.85. The van der Waals surface area contributed by atoms with Crippen LogP contribution >= 0.6 is 0 Å². The van der Waals surface area contributed by atoms with Crippen LogP contribution in [0.2, 0.25) is 0 Å². The molecule has 2 aliphatic heterocycles. The predicted octanol–water partition coefficient (Wildman–Crippen LogP) is 0.550. The molecule has 0 spiro atoms. The first kappa shape index (κ1) is 10.1. The zero-order valence-corrected chi connectivity index (χ0v) is 8.48. The van der Waals surface area contributed by atoms with Gasteiger partial charge in [0.2, 0.25) is 0 Å². The molecule has 2 saturated heterocycles. The van der Waals surface area contributed by atoms with E-state index in [2.05, 4.69) is 0 Å². The Bertz CT molecular complexity index is 323. The minimum absolute atomic E-state index is 0.181. The van der Waals surface area contributed by atoms with Crippen molar-refractivity contribution in [2.45, 2.75) is 25.3 Å². The summed E-state index contributed by atoms with van der Waals surface area (Å²) in [5, 5.41) is 8.87. The molecule has 0 aromatic carbocycles. The monoisotopic (exact) mass is 210 g/mol. The minimum atomic E-state index is -0.864. The highest BCUT2D eigenvalue weighted by Crippen LogP contribution is 2.27. The molecule has 1 atom stereocenters. The number of carbonyl (C=O) groups excluding carboxylic acids is 1. The molecule has 5 heteroatoms. The van der Waals surface area contributed by atoms with Crippen LogP contribution in [0.15, 0.2) is 5.70 Å². The molecule has 0 radical (unpaired) electrons. The fraction of sp³-hybridized carbons (Fsp3) is 0.700. The molecule has 5 nitrogen and oxygen atoms in total. The summed E-state index contributed by atoms with van der Waals surface area (Å²) >= 11 is 0. The second kappa shape index (κ2) is 3.95. The van der Waals surface area contributed by atoms with Gasteiger partial charge in [0, 0.05) is 25.7 Å².